The number of benzene rings is 2. The van der Waals surface area contributed by atoms with Crippen molar-refractivity contribution in [2.24, 2.45) is 0 Å². The molecular formula is C21H26N2O5S. The van der Waals surface area contributed by atoms with Crippen LogP contribution in [0.5, 0.6) is 5.75 Å². The maximum atomic E-state index is 13.0. The van der Waals surface area contributed by atoms with Crippen LogP contribution < -0.4 is 10.1 Å². The summed E-state index contributed by atoms with van der Waals surface area (Å²) in [5.74, 6) is 0.542. The fourth-order valence-electron chi connectivity index (χ4n) is 3.14. The number of rotatable bonds is 7. The van der Waals surface area contributed by atoms with Crippen molar-refractivity contribution in [1.29, 1.82) is 0 Å². The van der Waals surface area contributed by atoms with Crippen molar-refractivity contribution in [2.45, 2.75) is 25.2 Å². The van der Waals surface area contributed by atoms with Crippen molar-refractivity contribution >= 4 is 21.6 Å². The summed E-state index contributed by atoms with van der Waals surface area (Å²) in [5, 5.41) is 2.79. The zero-order chi connectivity index (χ0) is 20.9. The molecular weight excluding hydrogens is 392 g/mol. The molecule has 3 rings (SSSR count). The van der Waals surface area contributed by atoms with Gasteiger partial charge in [0.15, 0.2) is 0 Å². The molecule has 1 amide bonds. The van der Waals surface area contributed by atoms with E-state index in [9.17, 15) is 13.2 Å². The lowest BCUT2D eigenvalue weighted by atomic mass is 10.1. The van der Waals surface area contributed by atoms with Crippen molar-refractivity contribution in [2.75, 3.05) is 38.2 Å². The normalized spacial score (nSPS) is 15.1. The van der Waals surface area contributed by atoms with Crippen molar-refractivity contribution in [3.05, 3.63) is 53.6 Å². The molecule has 156 valence electrons. The first-order valence-electron chi connectivity index (χ1n) is 9.60. The number of nitrogens with one attached hydrogen (secondary N) is 1. The summed E-state index contributed by atoms with van der Waals surface area (Å²) in [4.78, 5) is 12.6. The lowest BCUT2D eigenvalue weighted by Crippen LogP contribution is -2.40. The van der Waals surface area contributed by atoms with E-state index >= 15 is 0 Å². The summed E-state index contributed by atoms with van der Waals surface area (Å²) in [6.45, 7) is 5.68. The van der Waals surface area contributed by atoms with Crippen molar-refractivity contribution < 1.29 is 22.7 Å². The largest absolute Gasteiger partial charge is 0.494 e. The van der Waals surface area contributed by atoms with E-state index < -0.39 is 10.0 Å². The van der Waals surface area contributed by atoms with Gasteiger partial charge in [0.2, 0.25) is 15.9 Å². The molecule has 1 N–H and O–H groups in total. The molecule has 0 radical (unpaired) electrons. The van der Waals surface area contributed by atoms with Gasteiger partial charge in [-0.2, -0.15) is 4.31 Å². The Labute approximate surface area is 171 Å². The lowest BCUT2D eigenvalue weighted by Gasteiger charge is -2.26. The van der Waals surface area contributed by atoms with Crippen LogP contribution in [-0.2, 0) is 26.0 Å². The summed E-state index contributed by atoms with van der Waals surface area (Å²) in [7, 11) is -3.63. The Bertz CT molecular complexity index is 952. The molecule has 0 aromatic heterocycles. The van der Waals surface area contributed by atoms with Crippen LogP contribution in [0, 0.1) is 6.92 Å². The van der Waals surface area contributed by atoms with Crippen LogP contribution in [0.25, 0.3) is 0 Å². The number of hydrogen-bond donors (Lipinski definition) is 1. The van der Waals surface area contributed by atoms with E-state index in [-0.39, 0.29) is 17.2 Å². The fraction of sp³-hybridized carbons (Fsp3) is 0.381. The summed E-state index contributed by atoms with van der Waals surface area (Å²) in [6.07, 6.45) is 0.186. The smallest absolute Gasteiger partial charge is 0.243 e. The van der Waals surface area contributed by atoms with Gasteiger partial charge in [-0.05, 0) is 49.2 Å². The molecule has 2 aromatic rings. The maximum absolute atomic E-state index is 13.0. The predicted molar refractivity (Wildman–Crippen MR) is 111 cm³/mol. The van der Waals surface area contributed by atoms with E-state index in [1.165, 1.54) is 10.4 Å². The number of carbonyl (C=O) groups is 1. The van der Waals surface area contributed by atoms with E-state index in [2.05, 4.69) is 5.32 Å². The minimum absolute atomic E-state index is 0.186. The summed E-state index contributed by atoms with van der Waals surface area (Å²) in [6, 6.07) is 12.3. The number of amides is 1. The minimum atomic E-state index is -3.63. The molecule has 0 unspecified atom stereocenters. The van der Waals surface area contributed by atoms with E-state index in [0.717, 1.165) is 11.3 Å². The average Bonchev–Trinajstić information content (AvgIpc) is 2.71. The zero-order valence-corrected chi connectivity index (χ0v) is 17.5. The molecule has 29 heavy (non-hydrogen) atoms. The first-order valence-corrected chi connectivity index (χ1v) is 11.0. The van der Waals surface area contributed by atoms with E-state index in [4.69, 9.17) is 9.47 Å². The van der Waals surface area contributed by atoms with Gasteiger partial charge in [0.25, 0.3) is 0 Å². The number of carbonyl (C=O) groups excluding carboxylic acids is 1. The molecule has 0 saturated carbocycles. The molecule has 7 nitrogen and oxygen atoms in total. The Kier molecular flexibility index (Phi) is 6.89. The summed E-state index contributed by atoms with van der Waals surface area (Å²) < 4.78 is 38.0. The van der Waals surface area contributed by atoms with Crippen LogP contribution in [-0.4, -0.2) is 51.5 Å². The van der Waals surface area contributed by atoms with Gasteiger partial charge in [-0.3, -0.25) is 4.79 Å². The van der Waals surface area contributed by atoms with Gasteiger partial charge in [0.05, 0.1) is 31.1 Å². The van der Waals surface area contributed by atoms with Gasteiger partial charge in [-0.1, -0.05) is 18.2 Å². The van der Waals surface area contributed by atoms with Crippen molar-refractivity contribution in [1.82, 2.24) is 4.31 Å². The topological polar surface area (TPSA) is 84.9 Å². The average molecular weight is 419 g/mol. The molecule has 1 heterocycles. The van der Waals surface area contributed by atoms with Crippen LogP contribution in [0.15, 0.2) is 47.4 Å². The van der Waals surface area contributed by atoms with Crippen LogP contribution in [0.1, 0.15) is 18.1 Å². The van der Waals surface area contributed by atoms with Gasteiger partial charge in [-0.15, -0.1) is 0 Å². The van der Waals surface area contributed by atoms with Gasteiger partial charge >= 0.3 is 0 Å². The quantitative estimate of drug-likeness (QED) is 0.747. The summed E-state index contributed by atoms with van der Waals surface area (Å²) in [5.41, 5.74) is 1.94. The molecule has 8 heteroatoms. The second-order valence-corrected chi connectivity index (χ2v) is 8.71. The number of sulfonamides is 1. The third-order valence-corrected chi connectivity index (χ3v) is 6.70. The Morgan fingerprint density at radius 2 is 1.83 bits per heavy atom. The number of hydrogen-bond acceptors (Lipinski definition) is 5. The SMILES string of the molecule is CCOc1ccc(CC(=O)Nc2ccc(C)c(S(=O)(=O)N3CCOCC3)c2)cc1. The molecule has 0 atom stereocenters. The third-order valence-electron chi connectivity index (χ3n) is 4.66. The second kappa shape index (κ2) is 9.39. The highest BCUT2D eigenvalue weighted by atomic mass is 32.2. The molecule has 1 saturated heterocycles. The summed E-state index contributed by atoms with van der Waals surface area (Å²) >= 11 is 0. The second-order valence-electron chi connectivity index (χ2n) is 6.80. The third kappa shape index (κ3) is 5.35. The predicted octanol–water partition coefficient (Wildman–Crippen LogP) is 2.60. The highest BCUT2D eigenvalue weighted by molar-refractivity contribution is 7.89. The number of aryl methyl sites for hydroxylation is 1. The Morgan fingerprint density at radius 3 is 2.48 bits per heavy atom. The molecule has 1 fully saturated rings. The van der Waals surface area contributed by atoms with Crippen LogP contribution in [0.3, 0.4) is 0 Å². The number of nitrogens with zero attached hydrogens (tertiary/aromatic N) is 1. The van der Waals surface area contributed by atoms with Crippen LogP contribution >= 0.6 is 0 Å². The van der Waals surface area contributed by atoms with Gasteiger partial charge in [0.1, 0.15) is 5.75 Å². The molecule has 2 aromatic carbocycles. The fourth-order valence-corrected chi connectivity index (χ4v) is 4.80. The van der Waals surface area contributed by atoms with E-state index in [1.807, 2.05) is 31.2 Å². The Morgan fingerprint density at radius 1 is 1.14 bits per heavy atom. The zero-order valence-electron chi connectivity index (χ0n) is 16.7. The highest BCUT2D eigenvalue weighted by Crippen LogP contribution is 2.24. The molecule has 0 bridgehead atoms. The standard InChI is InChI=1S/C21H26N2O5S/c1-3-28-19-8-5-17(6-9-19)14-21(24)22-18-7-4-16(2)20(15-18)29(25,26)23-10-12-27-13-11-23/h4-9,15H,3,10-14H2,1-2H3,(H,22,24). The Balaban J connectivity index is 1.71. The number of morpholine rings is 1. The van der Waals surface area contributed by atoms with E-state index in [1.54, 1.807) is 19.1 Å². The lowest BCUT2D eigenvalue weighted by molar-refractivity contribution is -0.115. The van der Waals surface area contributed by atoms with E-state index in [0.29, 0.717) is 44.2 Å². The molecule has 1 aliphatic rings. The molecule has 0 spiro atoms. The van der Waals surface area contributed by atoms with Crippen molar-refractivity contribution in [3.63, 3.8) is 0 Å². The molecule has 1 aliphatic heterocycles. The van der Waals surface area contributed by atoms with Gasteiger partial charge in [-0.25, -0.2) is 8.42 Å². The monoisotopic (exact) mass is 418 g/mol. The minimum Gasteiger partial charge on any atom is -0.494 e. The van der Waals surface area contributed by atoms with Crippen LogP contribution in [0.4, 0.5) is 5.69 Å². The maximum Gasteiger partial charge on any atom is 0.243 e. The van der Waals surface area contributed by atoms with Gasteiger partial charge < -0.3 is 14.8 Å². The number of ether oxygens (including phenoxy) is 2. The first-order chi connectivity index (χ1) is 13.9. The van der Waals surface area contributed by atoms with Crippen molar-refractivity contribution in [3.8, 4) is 5.75 Å². The highest BCUT2D eigenvalue weighted by Gasteiger charge is 2.28. The first kappa shape index (κ1) is 21.3. The van der Waals surface area contributed by atoms with Gasteiger partial charge in [0, 0.05) is 18.8 Å². The van der Waals surface area contributed by atoms with Crippen LogP contribution in [0.2, 0.25) is 0 Å². The Hall–Kier alpha value is -2.42. The molecule has 0 aliphatic carbocycles. The number of anilines is 1.